The maximum absolute atomic E-state index is 4.80. The van der Waals surface area contributed by atoms with Crippen LogP contribution in [0, 0.1) is 6.92 Å². The minimum absolute atomic E-state index is 0. The van der Waals surface area contributed by atoms with Gasteiger partial charge in [0, 0.05) is 43.4 Å². The van der Waals surface area contributed by atoms with Gasteiger partial charge in [-0.3, -0.25) is 9.38 Å². The molecular weight excluding hydrogens is 358 g/mol. The molecule has 5 nitrogen and oxygen atoms in total. The van der Waals surface area contributed by atoms with E-state index in [0.29, 0.717) is 0 Å². The zero-order valence-corrected chi connectivity index (χ0v) is 16.4. The number of rotatable bonds is 4. The van der Waals surface area contributed by atoms with Crippen molar-refractivity contribution < 1.29 is 0 Å². The average molecular weight is 380 g/mol. The smallest absolute Gasteiger partial charge is 0.157 e. The summed E-state index contributed by atoms with van der Waals surface area (Å²) in [7, 11) is 4.08. The third-order valence-electron chi connectivity index (χ3n) is 4.40. The van der Waals surface area contributed by atoms with E-state index >= 15 is 0 Å². The van der Waals surface area contributed by atoms with E-state index in [0.717, 1.165) is 34.1 Å². The standard InChI is InChI=1S/C21H21N5.ClH/c1-15-4-8-17(9-5-15)23-21-20(24-19-14-22-12-13-26(19)21)16-6-10-18(11-7-16)25(2)3;/h4-14,23H,1-3H3;1H. The van der Waals surface area contributed by atoms with Crippen molar-refractivity contribution >= 4 is 35.2 Å². The first-order valence-corrected chi connectivity index (χ1v) is 8.55. The van der Waals surface area contributed by atoms with Gasteiger partial charge >= 0.3 is 0 Å². The van der Waals surface area contributed by atoms with Crippen LogP contribution in [0.5, 0.6) is 0 Å². The molecule has 0 saturated carbocycles. The highest BCUT2D eigenvalue weighted by Gasteiger charge is 2.14. The highest BCUT2D eigenvalue weighted by atomic mass is 35.5. The van der Waals surface area contributed by atoms with E-state index in [-0.39, 0.29) is 12.4 Å². The lowest BCUT2D eigenvalue weighted by atomic mass is 10.1. The number of benzene rings is 2. The van der Waals surface area contributed by atoms with Crippen molar-refractivity contribution in [1.29, 1.82) is 0 Å². The molecule has 2 aromatic carbocycles. The van der Waals surface area contributed by atoms with E-state index in [4.69, 9.17) is 4.98 Å². The fourth-order valence-electron chi connectivity index (χ4n) is 2.92. The van der Waals surface area contributed by atoms with Crippen molar-refractivity contribution in [3.05, 3.63) is 72.7 Å². The van der Waals surface area contributed by atoms with Gasteiger partial charge in [0.25, 0.3) is 0 Å². The molecule has 1 N–H and O–H groups in total. The fraction of sp³-hybridized carbons (Fsp3) is 0.143. The third-order valence-corrected chi connectivity index (χ3v) is 4.40. The van der Waals surface area contributed by atoms with Gasteiger partial charge in [0.05, 0.1) is 6.20 Å². The summed E-state index contributed by atoms with van der Waals surface area (Å²) >= 11 is 0. The molecule has 0 saturated heterocycles. The van der Waals surface area contributed by atoms with Crippen LogP contribution in [-0.2, 0) is 0 Å². The minimum Gasteiger partial charge on any atom is -0.378 e. The van der Waals surface area contributed by atoms with Crippen LogP contribution in [0.2, 0.25) is 0 Å². The maximum atomic E-state index is 4.80. The molecule has 0 fully saturated rings. The molecule has 0 aliphatic carbocycles. The molecule has 0 aliphatic heterocycles. The molecule has 2 aromatic heterocycles. The highest BCUT2D eigenvalue weighted by molar-refractivity contribution is 5.85. The van der Waals surface area contributed by atoms with E-state index in [1.54, 1.807) is 12.4 Å². The molecule has 6 heteroatoms. The monoisotopic (exact) mass is 379 g/mol. The number of anilines is 3. The zero-order chi connectivity index (χ0) is 18.1. The van der Waals surface area contributed by atoms with Crippen LogP contribution >= 0.6 is 12.4 Å². The Morgan fingerprint density at radius 2 is 1.67 bits per heavy atom. The van der Waals surface area contributed by atoms with Crippen LogP contribution < -0.4 is 10.2 Å². The molecule has 0 aliphatic rings. The third kappa shape index (κ3) is 3.73. The normalized spacial score (nSPS) is 10.5. The lowest BCUT2D eigenvalue weighted by molar-refractivity contribution is 1.13. The summed E-state index contributed by atoms with van der Waals surface area (Å²) in [5, 5.41) is 3.52. The number of imidazole rings is 1. The van der Waals surface area contributed by atoms with Crippen LogP contribution in [0.3, 0.4) is 0 Å². The number of hydrogen-bond donors (Lipinski definition) is 1. The molecule has 2 heterocycles. The first-order valence-electron chi connectivity index (χ1n) is 8.55. The molecular formula is C21H22ClN5. The summed E-state index contributed by atoms with van der Waals surface area (Å²) in [6.07, 6.45) is 5.47. The van der Waals surface area contributed by atoms with Gasteiger partial charge in [-0.1, -0.05) is 29.8 Å². The Balaban J connectivity index is 0.00000210. The molecule has 0 amide bonds. The van der Waals surface area contributed by atoms with Crippen LogP contribution in [0.15, 0.2) is 67.1 Å². The minimum atomic E-state index is 0. The Morgan fingerprint density at radius 1 is 0.963 bits per heavy atom. The van der Waals surface area contributed by atoms with Crippen LogP contribution in [-0.4, -0.2) is 28.5 Å². The summed E-state index contributed by atoms with van der Waals surface area (Å²) in [5.74, 6) is 0.934. The first kappa shape index (κ1) is 18.7. The van der Waals surface area contributed by atoms with Crippen LogP contribution in [0.1, 0.15) is 5.56 Å². The number of fused-ring (bicyclic) bond motifs is 1. The van der Waals surface area contributed by atoms with E-state index in [2.05, 4.69) is 70.7 Å². The molecule has 0 spiro atoms. The van der Waals surface area contributed by atoms with Gasteiger partial charge in [-0.05, 0) is 31.2 Å². The SMILES string of the molecule is Cc1ccc(Nc2c(-c3ccc(N(C)C)cc3)nc3cnccn23)cc1.Cl. The predicted octanol–water partition coefficient (Wildman–Crippen LogP) is 4.94. The summed E-state index contributed by atoms with van der Waals surface area (Å²) in [4.78, 5) is 11.1. The lowest BCUT2D eigenvalue weighted by Gasteiger charge is -2.13. The van der Waals surface area contributed by atoms with Gasteiger partial charge in [0.2, 0.25) is 0 Å². The molecule has 0 bridgehead atoms. The Morgan fingerprint density at radius 3 is 2.33 bits per heavy atom. The predicted molar refractivity (Wildman–Crippen MR) is 114 cm³/mol. The number of aryl methyl sites for hydroxylation is 1. The molecule has 27 heavy (non-hydrogen) atoms. The van der Waals surface area contributed by atoms with Crippen molar-refractivity contribution in [2.75, 3.05) is 24.3 Å². The molecule has 0 unspecified atom stereocenters. The maximum Gasteiger partial charge on any atom is 0.157 e. The summed E-state index contributed by atoms with van der Waals surface area (Å²) < 4.78 is 2.03. The van der Waals surface area contributed by atoms with E-state index < -0.39 is 0 Å². The van der Waals surface area contributed by atoms with E-state index in [9.17, 15) is 0 Å². The van der Waals surface area contributed by atoms with Crippen molar-refractivity contribution in [1.82, 2.24) is 14.4 Å². The van der Waals surface area contributed by atoms with Gasteiger partial charge in [-0.25, -0.2) is 4.98 Å². The fourth-order valence-corrected chi connectivity index (χ4v) is 2.92. The largest absolute Gasteiger partial charge is 0.378 e. The van der Waals surface area contributed by atoms with Gasteiger partial charge in [-0.2, -0.15) is 0 Å². The Bertz CT molecular complexity index is 1040. The second kappa shape index (κ2) is 7.68. The van der Waals surface area contributed by atoms with Gasteiger partial charge in [-0.15, -0.1) is 12.4 Å². The van der Waals surface area contributed by atoms with Crippen molar-refractivity contribution in [2.45, 2.75) is 6.92 Å². The van der Waals surface area contributed by atoms with Crippen molar-refractivity contribution in [3.63, 3.8) is 0 Å². The van der Waals surface area contributed by atoms with Gasteiger partial charge < -0.3 is 10.2 Å². The topological polar surface area (TPSA) is 45.5 Å². The van der Waals surface area contributed by atoms with Crippen molar-refractivity contribution in [3.8, 4) is 11.3 Å². The lowest BCUT2D eigenvalue weighted by Crippen LogP contribution is -2.07. The number of halogens is 1. The average Bonchev–Trinajstić information content (AvgIpc) is 3.02. The molecule has 0 atom stereocenters. The quantitative estimate of drug-likeness (QED) is 0.545. The van der Waals surface area contributed by atoms with Crippen LogP contribution in [0.4, 0.5) is 17.2 Å². The number of hydrogen-bond acceptors (Lipinski definition) is 4. The van der Waals surface area contributed by atoms with Crippen molar-refractivity contribution in [2.24, 2.45) is 0 Å². The number of nitrogens with zero attached hydrogens (tertiary/aromatic N) is 4. The summed E-state index contributed by atoms with van der Waals surface area (Å²) in [5.41, 5.74) is 6.21. The second-order valence-electron chi connectivity index (χ2n) is 6.55. The van der Waals surface area contributed by atoms with Gasteiger partial charge in [0.1, 0.15) is 11.5 Å². The summed E-state index contributed by atoms with van der Waals surface area (Å²) in [6, 6.07) is 16.8. The molecule has 138 valence electrons. The first-order chi connectivity index (χ1) is 12.6. The second-order valence-corrected chi connectivity index (χ2v) is 6.55. The molecule has 0 radical (unpaired) electrons. The summed E-state index contributed by atoms with van der Waals surface area (Å²) in [6.45, 7) is 2.08. The number of nitrogens with one attached hydrogen (secondary N) is 1. The Labute approximate surface area is 165 Å². The number of aromatic nitrogens is 3. The molecule has 4 aromatic rings. The Hall–Kier alpha value is -3.05. The highest BCUT2D eigenvalue weighted by Crippen LogP contribution is 2.31. The van der Waals surface area contributed by atoms with E-state index in [1.807, 2.05) is 24.7 Å². The molecule has 4 rings (SSSR count). The van der Waals surface area contributed by atoms with Gasteiger partial charge in [0.15, 0.2) is 5.65 Å². The van der Waals surface area contributed by atoms with Crippen LogP contribution in [0.25, 0.3) is 16.9 Å². The zero-order valence-electron chi connectivity index (χ0n) is 15.5. The van der Waals surface area contributed by atoms with E-state index in [1.165, 1.54) is 5.56 Å². The Kier molecular flexibility index (Phi) is 5.33.